The van der Waals surface area contributed by atoms with Crippen molar-refractivity contribution < 1.29 is 9.67 Å². The Kier molecular flexibility index (Phi) is 5.32. The summed E-state index contributed by atoms with van der Waals surface area (Å²) >= 11 is 0. The van der Waals surface area contributed by atoms with Crippen molar-refractivity contribution in [1.82, 2.24) is 0 Å². The molecule has 0 heterocycles. The van der Waals surface area contributed by atoms with Crippen LogP contribution in [0, 0.1) is 0 Å². The molecule has 0 aromatic heterocycles. The first-order valence-electron chi connectivity index (χ1n) is 6.73. The summed E-state index contributed by atoms with van der Waals surface area (Å²) in [4.78, 5) is 0. The van der Waals surface area contributed by atoms with Crippen LogP contribution in [-0.4, -0.2) is 24.0 Å². The van der Waals surface area contributed by atoms with Crippen molar-refractivity contribution in [1.29, 1.82) is 0 Å². The number of phenols is 1. The molecule has 2 nitrogen and oxygen atoms in total. The van der Waals surface area contributed by atoms with Gasteiger partial charge in [0.1, 0.15) is 5.75 Å². The summed E-state index contributed by atoms with van der Waals surface area (Å²) in [6, 6.07) is 25.5. The van der Waals surface area contributed by atoms with E-state index < -0.39 is 7.14 Å². The van der Waals surface area contributed by atoms with Crippen molar-refractivity contribution in [2.24, 2.45) is 0 Å². The van der Waals surface area contributed by atoms with Gasteiger partial charge in [-0.25, -0.2) is 0 Å². The number of hydrogen-bond acceptors (Lipinski definition) is 2. The zero-order valence-electron chi connectivity index (χ0n) is 11.4. The van der Waals surface area contributed by atoms with Gasteiger partial charge in [-0.15, -0.1) is 0 Å². The molecule has 0 aliphatic heterocycles. The van der Waals surface area contributed by atoms with Crippen LogP contribution in [0.1, 0.15) is 0 Å². The summed E-state index contributed by atoms with van der Waals surface area (Å²) in [6.45, 7) is 0. The van der Waals surface area contributed by atoms with Gasteiger partial charge < -0.3 is 9.67 Å². The average Bonchev–Trinajstić information content (AvgIpc) is 2.56. The van der Waals surface area contributed by atoms with Crippen LogP contribution in [0.3, 0.4) is 0 Å². The van der Waals surface area contributed by atoms with Crippen LogP contribution in [0.25, 0.3) is 0 Å². The molecule has 106 valence electrons. The van der Waals surface area contributed by atoms with Gasteiger partial charge in [0.25, 0.3) is 0 Å². The summed E-state index contributed by atoms with van der Waals surface area (Å²) in [5, 5.41) is 12.1. The van der Waals surface area contributed by atoms with Gasteiger partial charge in [-0.3, -0.25) is 0 Å². The van der Waals surface area contributed by atoms with Crippen LogP contribution in [0.5, 0.6) is 5.75 Å². The van der Waals surface area contributed by atoms with Crippen LogP contribution < -0.4 is 15.9 Å². The van der Waals surface area contributed by atoms with E-state index in [-0.39, 0.29) is 24.6 Å². The Labute approximate surface area is 142 Å². The molecule has 3 aromatic carbocycles. The van der Waals surface area contributed by atoms with E-state index in [2.05, 4.69) is 0 Å². The third kappa shape index (κ3) is 2.92. The van der Waals surface area contributed by atoms with Crippen LogP contribution in [0.15, 0.2) is 84.9 Å². The number of rotatable bonds is 3. The van der Waals surface area contributed by atoms with Gasteiger partial charge >= 0.3 is 18.9 Å². The Bertz CT molecular complexity index is 745. The molecule has 0 saturated heterocycles. The number of para-hydroxylation sites is 1. The Balaban J connectivity index is 0.00000176. The molecule has 22 heavy (non-hydrogen) atoms. The molecular weight excluding hydrogens is 286 g/mol. The normalized spacial score (nSPS) is 10.7. The van der Waals surface area contributed by atoms with Crippen molar-refractivity contribution in [2.45, 2.75) is 0 Å². The fraction of sp³-hybridized carbons (Fsp3) is 0. The maximum absolute atomic E-state index is 13.9. The third-order valence-corrected chi connectivity index (χ3v) is 6.57. The van der Waals surface area contributed by atoms with Crippen molar-refractivity contribution in [2.75, 3.05) is 0 Å². The molecule has 0 saturated carbocycles. The minimum atomic E-state index is -3.06. The molecule has 0 aliphatic carbocycles. The number of hydrogen-bond donors (Lipinski definition) is 1. The van der Waals surface area contributed by atoms with E-state index in [1.165, 1.54) is 0 Å². The van der Waals surface area contributed by atoms with Crippen LogP contribution in [-0.2, 0) is 4.57 Å². The molecule has 0 spiro atoms. The second kappa shape index (κ2) is 7.03. The van der Waals surface area contributed by atoms with Crippen LogP contribution >= 0.6 is 7.14 Å². The van der Waals surface area contributed by atoms with Gasteiger partial charge in [0.15, 0.2) is 7.14 Å². The fourth-order valence-electron chi connectivity index (χ4n) is 2.43. The predicted molar refractivity (Wildman–Crippen MR) is 94.6 cm³/mol. The molecule has 0 atom stereocenters. The quantitative estimate of drug-likeness (QED) is 0.596. The Morgan fingerprint density at radius 1 is 0.636 bits per heavy atom. The zero-order chi connectivity index (χ0) is 14.7. The SMILES string of the molecule is O=P(c1ccccc1)(c1ccccc1)c1ccccc1O.[LiH]. The summed E-state index contributed by atoms with van der Waals surface area (Å²) in [5.74, 6) is 0.0635. The minimum absolute atomic E-state index is 0. The summed E-state index contributed by atoms with van der Waals surface area (Å²) in [7, 11) is -3.06. The molecule has 0 aliphatic rings. The molecule has 0 unspecified atom stereocenters. The molecule has 3 aromatic rings. The van der Waals surface area contributed by atoms with Gasteiger partial charge in [-0.2, -0.15) is 0 Å². The average molecular weight is 302 g/mol. The molecule has 0 radical (unpaired) electrons. The summed E-state index contributed by atoms with van der Waals surface area (Å²) < 4.78 is 13.9. The van der Waals surface area contributed by atoms with E-state index in [0.29, 0.717) is 5.30 Å². The standard InChI is InChI=1S/C18H15O2P.Li.H/c19-17-13-7-8-14-18(17)21(20,15-9-3-1-4-10-15)16-11-5-2-6-12-16;;/h1-14,19H;;. The maximum atomic E-state index is 13.9. The third-order valence-electron chi connectivity index (χ3n) is 3.46. The van der Waals surface area contributed by atoms with Gasteiger partial charge in [0.2, 0.25) is 0 Å². The monoisotopic (exact) mass is 302 g/mol. The molecule has 1 N–H and O–H groups in total. The van der Waals surface area contributed by atoms with E-state index in [9.17, 15) is 9.67 Å². The number of phenolic OH excluding ortho intramolecular Hbond substituents is 1. The van der Waals surface area contributed by atoms with Gasteiger partial charge in [0.05, 0.1) is 5.30 Å². The first-order valence-corrected chi connectivity index (χ1v) is 8.43. The fourth-order valence-corrected chi connectivity index (χ4v) is 5.17. The Morgan fingerprint density at radius 3 is 1.50 bits per heavy atom. The van der Waals surface area contributed by atoms with E-state index in [0.717, 1.165) is 10.6 Å². The number of benzene rings is 3. The van der Waals surface area contributed by atoms with Crippen molar-refractivity contribution in [3.8, 4) is 5.75 Å². The van der Waals surface area contributed by atoms with E-state index in [4.69, 9.17) is 0 Å². The van der Waals surface area contributed by atoms with Crippen LogP contribution in [0.2, 0.25) is 0 Å². The van der Waals surface area contributed by atoms with Crippen molar-refractivity contribution >= 4 is 41.9 Å². The zero-order valence-corrected chi connectivity index (χ0v) is 12.3. The molecule has 0 fully saturated rings. The second-order valence-corrected chi connectivity index (χ2v) is 7.50. The van der Waals surface area contributed by atoms with Crippen LogP contribution in [0.4, 0.5) is 0 Å². The molecule has 4 heteroatoms. The van der Waals surface area contributed by atoms with Gasteiger partial charge in [0, 0.05) is 10.6 Å². The molecule has 0 bridgehead atoms. The van der Waals surface area contributed by atoms with Crippen molar-refractivity contribution in [3.63, 3.8) is 0 Å². The Morgan fingerprint density at radius 2 is 1.05 bits per heavy atom. The number of aromatic hydroxyl groups is 1. The van der Waals surface area contributed by atoms with E-state index >= 15 is 0 Å². The topological polar surface area (TPSA) is 37.3 Å². The Hall–Kier alpha value is -1.71. The van der Waals surface area contributed by atoms with E-state index in [1.807, 2.05) is 60.7 Å². The molecular formula is C18H16LiO2P. The molecule has 3 rings (SSSR count). The van der Waals surface area contributed by atoms with Gasteiger partial charge in [-0.05, 0) is 12.1 Å². The first-order chi connectivity index (χ1) is 10.2. The summed E-state index contributed by atoms with van der Waals surface area (Å²) in [6.07, 6.45) is 0. The van der Waals surface area contributed by atoms with E-state index in [1.54, 1.807) is 24.3 Å². The van der Waals surface area contributed by atoms with Crippen molar-refractivity contribution in [3.05, 3.63) is 84.9 Å². The first kappa shape index (κ1) is 16.7. The van der Waals surface area contributed by atoms with Gasteiger partial charge in [-0.1, -0.05) is 72.8 Å². The summed E-state index contributed by atoms with van der Waals surface area (Å²) in [5.41, 5.74) is 0. The predicted octanol–water partition coefficient (Wildman–Crippen LogP) is 2.38. The molecule has 0 amide bonds. The second-order valence-electron chi connectivity index (χ2n) is 4.77.